The Morgan fingerprint density at radius 2 is 1.80 bits per heavy atom. The molecule has 1 aromatic carbocycles. The maximum atomic E-state index is 13.0. The summed E-state index contributed by atoms with van der Waals surface area (Å²) in [5.74, 6) is 0.170. The molecule has 2 heterocycles. The molecule has 1 aromatic heterocycles. The third-order valence-electron chi connectivity index (χ3n) is 4.61. The molecule has 30 heavy (non-hydrogen) atoms. The molecule has 0 amide bonds. The van der Waals surface area contributed by atoms with E-state index in [4.69, 9.17) is 4.74 Å². The number of hydrogen-bond acceptors (Lipinski definition) is 7. The minimum Gasteiger partial charge on any atom is -0.495 e. The van der Waals surface area contributed by atoms with Gasteiger partial charge in [0.25, 0.3) is 5.69 Å². The van der Waals surface area contributed by atoms with Crippen molar-refractivity contribution in [2.75, 3.05) is 38.2 Å². The highest BCUT2D eigenvalue weighted by molar-refractivity contribution is 7.89. The van der Waals surface area contributed by atoms with E-state index in [2.05, 4.69) is 4.98 Å². The van der Waals surface area contributed by atoms with Crippen LogP contribution in [0.25, 0.3) is 0 Å². The van der Waals surface area contributed by atoms with Crippen molar-refractivity contribution >= 4 is 21.5 Å². The van der Waals surface area contributed by atoms with E-state index in [-0.39, 0.29) is 42.5 Å². The van der Waals surface area contributed by atoms with Crippen molar-refractivity contribution in [1.82, 2.24) is 9.29 Å². The second-order valence-electron chi connectivity index (χ2n) is 6.39. The summed E-state index contributed by atoms with van der Waals surface area (Å²) in [6, 6.07) is 5.41. The Morgan fingerprint density at radius 3 is 2.30 bits per heavy atom. The zero-order valence-electron chi connectivity index (χ0n) is 15.7. The van der Waals surface area contributed by atoms with Gasteiger partial charge in [0.2, 0.25) is 10.0 Å². The van der Waals surface area contributed by atoms with Gasteiger partial charge in [-0.2, -0.15) is 17.5 Å². The number of sulfonamides is 1. The van der Waals surface area contributed by atoms with E-state index in [0.29, 0.717) is 5.82 Å². The summed E-state index contributed by atoms with van der Waals surface area (Å²) in [4.78, 5) is 15.5. The van der Waals surface area contributed by atoms with Gasteiger partial charge in [-0.1, -0.05) is 0 Å². The van der Waals surface area contributed by atoms with Crippen LogP contribution in [0.3, 0.4) is 0 Å². The molecule has 13 heteroatoms. The van der Waals surface area contributed by atoms with E-state index in [1.54, 1.807) is 4.90 Å². The Bertz CT molecular complexity index is 1040. The van der Waals surface area contributed by atoms with E-state index in [9.17, 15) is 31.7 Å². The van der Waals surface area contributed by atoms with Crippen molar-refractivity contribution in [2.45, 2.75) is 11.1 Å². The highest BCUT2D eigenvalue weighted by atomic mass is 32.2. The van der Waals surface area contributed by atoms with E-state index < -0.39 is 26.7 Å². The van der Waals surface area contributed by atoms with Crippen molar-refractivity contribution in [1.29, 1.82) is 0 Å². The second kappa shape index (κ2) is 8.07. The lowest BCUT2D eigenvalue weighted by atomic mass is 10.2. The number of benzene rings is 1. The van der Waals surface area contributed by atoms with Gasteiger partial charge in [0, 0.05) is 38.4 Å². The number of non-ortho nitro benzene ring substituents is 1. The number of methoxy groups -OCH3 is 1. The van der Waals surface area contributed by atoms with Crippen molar-refractivity contribution in [3.8, 4) is 5.75 Å². The summed E-state index contributed by atoms with van der Waals surface area (Å²) >= 11 is 0. The summed E-state index contributed by atoms with van der Waals surface area (Å²) in [6.45, 7) is 0.552. The molecule has 0 atom stereocenters. The van der Waals surface area contributed by atoms with Crippen molar-refractivity contribution in [2.24, 2.45) is 0 Å². The molecule has 0 N–H and O–H groups in total. The lowest BCUT2D eigenvalue weighted by Crippen LogP contribution is -2.49. The first-order valence-electron chi connectivity index (χ1n) is 8.65. The quantitative estimate of drug-likeness (QED) is 0.513. The molecular weight excluding hydrogens is 429 g/mol. The first-order chi connectivity index (χ1) is 14.0. The molecule has 3 rings (SSSR count). The first kappa shape index (κ1) is 21.8. The summed E-state index contributed by atoms with van der Waals surface area (Å²) < 4.78 is 70.1. The Kier molecular flexibility index (Phi) is 5.85. The average Bonchev–Trinajstić information content (AvgIpc) is 2.72. The first-order valence-corrected chi connectivity index (χ1v) is 10.1. The average molecular weight is 446 g/mol. The smallest absolute Gasteiger partial charge is 0.417 e. The van der Waals surface area contributed by atoms with E-state index >= 15 is 0 Å². The lowest BCUT2D eigenvalue weighted by molar-refractivity contribution is -0.385. The van der Waals surface area contributed by atoms with Gasteiger partial charge in [0.05, 0.1) is 23.7 Å². The van der Waals surface area contributed by atoms with Crippen LogP contribution < -0.4 is 9.64 Å². The Morgan fingerprint density at radius 1 is 1.13 bits per heavy atom. The Labute approximate surface area is 169 Å². The van der Waals surface area contributed by atoms with Crippen LogP contribution in [-0.4, -0.2) is 55.9 Å². The molecule has 9 nitrogen and oxygen atoms in total. The van der Waals surface area contributed by atoms with Crippen LogP contribution in [0, 0.1) is 10.1 Å². The molecule has 0 radical (unpaired) electrons. The minimum atomic E-state index is -4.48. The second-order valence-corrected chi connectivity index (χ2v) is 8.29. The monoisotopic (exact) mass is 446 g/mol. The Balaban J connectivity index is 1.75. The third-order valence-corrected chi connectivity index (χ3v) is 6.55. The van der Waals surface area contributed by atoms with Crippen LogP contribution in [-0.2, 0) is 16.2 Å². The van der Waals surface area contributed by atoms with Gasteiger partial charge in [-0.05, 0) is 18.2 Å². The van der Waals surface area contributed by atoms with Gasteiger partial charge in [0.1, 0.15) is 16.5 Å². The summed E-state index contributed by atoms with van der Waals surface area (Å²) in [6.07, 6.45) is -3.75. The number of halogens is 3. The molecule has 1 saturated heterocycles. The number of nitro groups is 1. The Hall–Kier alpha value is -2.93. The standard InChI is InChI=1S/C17H17F3N4O5S/c1-29-14-10-13(24(25)26)3-4-15(14)30(27,28)23-8-6-22(7-9-23)16-5-2-12(11-21-16)17(18,19)20/h2-5,10-11H,6-9H2,1H3. The predicted octanol–water partition coefficient (Wildman–Crippen LogP) is 2.53. The zero-order chi connectivity index (χ0) is 22.1. The maximum Gasteiger partial charge on any atom is 0.417 e. The van der Waals surface area contributed by atoms with Gasteiger partial charge in [-0.3, -0.25) is 10.1 Å². The number of nitro benzene ring substituents is 1. The topological polar surface area (TPSA) is 106 Å². The summed E-state index contributed by atoms with van der Waals surface area (Å²) in [5.41, 5.74) is -1.17. The molecule has 1 fully saturated rings. The molecule has 0 bridgehead atoms. The number of alkyl halides is 3. The molecule has 1 aliphatic rings. The number of piperazine rings is 1. The van der Waals surface area contributed by atoms with Gasteiger partial charge in [-0.15, -0.1) is 0 Å². The van der Waals surface area contributed by atoms with Gasteiger partial charge in [-0.25, -0.2) is 13.4 Å². The van der Waals surface area contributed by atoms with Gasteiger partial charge in [0.15, 0.2) is 0 Å². The predicted molar refractivity (Wildman–Crippen MR) is 99.9 cm³/mol. The fourth-order valence-electron chi connectivity index (χ4n) is 3.02. The van der Waals surface area contributed by atoms with E-state index in [1.165, 1.54) is 17.5 Å². The number of pyridine rings is 1. The maximum absolute atomic E-state index is 13.0. The SMILES string of the molecule is COc1cc([N+](=O)[O-])ccc1S(=O)(=O)N1CCN(c2ccc(C(F)(F)F)cn2)CC1. The summed E-state index contributed by atoms with van der Waals surface area (Å²) in [7, 11) is -2.77. The van der Waals surface area contributed by atoms with Crippen LogP contribution in [0.5, 0.6) is 5.75 Å². The number of nitrogens with zero attached hydrogens (tertiary/aromatic N) is 4. The number of ether oxygens (including phenoxy) is 1. The number of aromatic nitrogens is 1. The van der Waals surface area contributed by atoms with Crippen LogP contribution in [0.15, 0.2) is 41.4 Å². The molecule has 0 unspecified atom stereocenters. The van der Waals surface area contributed by atoms with Crippen molar-refractivity contribution < 1.29 is 31.2 Å². The van der Waals surface area contributed by atoms with E-state index in [0.717, 1.165) is 30.5 Å². The fourth-order valence-corrected chi connectivity index (χ4v) is 4.58. The van der Waals surface area contributed by atoms with Crippen molar-refractivity contribution in [3.63, 3.8) is 0 Å². The fraction of sp³-hybridized carbons (Fsp3) is 0.353. The lowest BCUT2D eigenvalue weighted by Gasteiger charge is -2.34. The molecule has 1 aliphatic heterocycles. The van der Waals surface area contributed by atoms with Crippen LogP contribution in [0.1, 0.15) is 5.56 Å². The number of hydrogen-bond donors (Lipinski definition) is 0. The molecule has 162 valence electrons. The van der Waals surface area contributed by atoms with E-state index in [1.807, 2.05) is 0 Å². The van der Waals surface area contributed by atoms with Gasteiger partial charge >= 0.3 is 6.18 Å². The zero-order valence-corrected chi connectivity index (χ0v) is 16.5. The normalized spacial score (nSPS) is 15.8. The molecule has 0 saturated carbocycles. The number of rotatable bonds is 5. The highest BCUT2D eigenvalue weighted by Gasteiger charge is 2.33. The number of anilines is 1. The largest absolute Gasteiger partial charge is 0.495 e. The summed E-state index contributed by atoms with van der Waals surface area (Å²) in [5, 5.41) is 10.9. The van der Waals surface area contributed by atoms with Crippen LogP contribution in [0.2, 0.25) is 0 Å². The molecule has 0 aliphatic carbocycles. The molecule has 2 aromatic rings. The van der Waals surface area contributed by atoms with Gasteiger partial charge < -0.3 is 9.64 Å². The van der Waals surface area contributed by atoms with Crippen molar-refractivity contribution in [3.05, 3.63) is 52.2 Å². The minimum absolute atomic E-state index is 0.0607. The molecule has 0 spiro atoms. The van der Waals surface area contributed by atoms with Crippen LogP contribution in [0.4, 0.5) is 24.7 Å². The van der Waals surface area contributed by atoms with Crippen LogP contribution >= 0.6 is 0 Å². The third kappa shape index (κ3) is 4.31. The highest BCUT2D eigenvalue weighted by Crippen LogP contribution is 2.32. The molecular formula is C17H17F3N4O5S.